The highest BCUT2D eigenvalue weighted by atomic mass is 19.4. The number of halogens is 4. The zero-order chi connectivity index (χ0) is 10.1. The molecule has 0 amide bonds. The zero-order valence-electron chi connectivity index (χ0n) is 6.35. The maximum absolute atomic E-state index is 12.5. The average Bonchev–Trinajstić information content (AvgIpc) is 2.02. The average molecular weight is 194 g/mol. The molecule has 2 N–H and O–H groups in total. The van der Waals surface area contributed by atoms with E-state index in [9.17, 15) is 17.7 Å². The van der Waals surface area contributed by atoms with Crippen molar-refractivity contribution in [1.82, 2.24) is 0 Å². The van der Waals surface area contributed by atoms with Crippen molar-refractivity contribution in [2.24, 2.45) is 0 Å². The predicted molar refractivity (Wildman–Crippen MR) is 40.5 cm³/mol. The summed E-state index contributed by atoms with van der Waals surface area (Å²) in [4.78, 5) is 0. The molecule has 0 aliphatic rings. The molecule has 0 atom stereocenters. The summed E-state index contributed by atoms with van der Waals surface area (Å²) >= 11 is 0. The van der Waals surface area contributed by atoms with Crippen LogP contribution in [0.15, 0.2) is 24.3 Å². The van der Waals surface area contributed by atoms with E-state index in [0.29, 0.717) is 0 Å². The minimum absolute atomic E-state index is 0.262. The monoisotopic (exact) mass is 194 g/mol. The third-order valence-electron chi connectivity index (χ3n) is 1.37. The normalized spacial score (nSPS) is 11.4. The minimum Gasteiger partial charge on any atom is -0.397 e. The van der Waals surface area contributed by atoms with E-state index in [1.165, 1.54) is 18.2 Å². The van der Waals surface area contributed by atoms with E-state index in [1.807, 2.05) is 0 Å². The van der Waals surface area contributed by atoms with Gasteiger partial charge in [0, 0.05) is 0 Å². The topological polar surface area (TPSA) is 29.3 Å². The zero-order valence-corrected chi connectivity index (χ0v) is 6.35. The lowest BCUT2D eigenvalue weighted by Gasteiger charge is -2.17. The van der Waals surface area contributed by atoms with Gasteiger partial charge < -0.3 is 5.73 Å². The molecule has 0 saturated carbocycles. The Morgan fingerprint density at radius 1 is 1.15 bits per heavy atom. The van der Waals surface area contributed by atoms with Gasteiger partial charge in [-0.25, -0.2) is 0 Å². The Hall–Kier alpha value is -1.46. The van der Waals surface area contributed by atoms with Gasteiger partial charge in [0.15, 0.2) is 0 Å². The summed E-state index contributed by atoms with van der Waals surface area (Å²) in [6.45, 7) is 0. The van der Waals surface area contributed by atoms with E-state index in [-0.39, 0.29) is 5.69 Å². The van der Waals surface area contributed by atoms with Gasteiger partial charge in [-0.1, -0.05) is 16.6 Å². The Bertz CT molecular complexity index is 297. The second-order valence-electron chi connectivity index (χ2n) is 2.31. The number of benzene rings is 1. The van der Waals surface area contributed by atoms with Crippen molar-refractivity contribution in [2.45, 2.75) is 6.30 Å². The number of hydrogen-bond donors (Lipinski definition) is 1. The molecule has 2 nitrogen and oxygen atoms in total. The van der Waals surface area contributed by atoms with E-state index < -0.39 is 17.1 Å². The summed E-state index contributed by atoms with van der Waals surface area (Å²) in [6, 6.07) is 4.82. The van der Waals surface area contributed by atoms with Crippen molar-refractivity contribution in [2.75, 3.05) is 10.9 Å². The molecule has 0 aliphatic carbocycles. The summed E-state index contributed by atoms with van der Waals surface area (Å²) in [6.07, 6.45) is -5.06. The maximum Gasteiger partial charge on any atom is 0.512 e. The van der Waals surface area contributed by atoms with Crippen LogP contribution >= 0.6 is 0 Å². The van der Waals surface area contributed by atoms with Gasteiger partial charge in [0.05, 0.1) is 5.69 Å². The second kappa shape index (κ2) is 3.12. The first-order valence-corrected chi connectivity index (χ1v) is 3.30. The van der Waals surface area contributed by atoms with Gasteiger partial charge in [-0.05, 0) is 12.1 Å². The highest BCUT2D eigenvalue weighted by Gasteiger charge is 2.39. The van der Waals surface area contributed by atoms with Crippen LogP contribution in [0.3, 0.4) is 0 Å². The maximum atomic E-state index is 12.5. The molecule has 0 unspecified atom stereocenters. The highest BCUT2D eigenvalue weighted by Crippen LogP contribution is 2.32. The van der Waals surface area contributed by atoms with Gasteiger partial charge in [0.25, 0.3) is 0 Å². The number of nitrogens with two attached hydrogens (primary N) is 1. The summed E-state index contributed by atoms with van der Waals surface area (Å²) < 4.78 is 48.0. The number of nitrogens with zero attached hydrogens (tertiary/aromatic N) is 1. The van der Waals surface area contributed by atoms with E-state index in [1.54, 1.807) is 0 Å². The molecule has 13 heavy (non-hydrogen) atoms. The fourth-order valence-corrected chi connectivity index (χ4v) is 0.803. The summed E-state index contributed by atoms with van der Waals surface area (Å²) in [5.74, 6) is 0. The fourth-order valence-electron chi connectivity index (χ4n) is 0.803. The van der Waals surface area contributed by atoms with Crippen LogP contribution in [0.1, 0.15) is 0 Å². The smallest absolute Gasteiger partial charge is 0.397 e. The number of rotatable bonds is 1. The Labute approximate surface area is 71.5 Å². The molecule has 0 spiro atoms. The molecule has 1 aromatic rings. The lowest BCUT2D eigenvalue weighted by molar-refractivity contribution is -0.156. The van der Waals surface area contributed by atoms with E-state index in [2.05, 4.69) is 0 Å². The Kier molecular flexibility index (Phi) is 2.31. The molecule has 0 aromatic heterocycles. The minimum atomic E-state index is -5.06. The van der Waals surface area contributed by atoms with Crippen molar-refractivity contribution in [3.63, 3.8) is 0 Å². The standard InChI is InChI=1S/C7H6F4N2/c8-7(9,10)13(11)6-4-2-1-3-5(6)12/h1-4H,12H2. The summed E-state index contributed by atoms with van der Waals surface area (Å²) in [7, 11) is 0. The predicted octanol–water partition coefficient (Wildman–Crippen LogP) is 2.48. The van der Waals surface area contributed by atoms with Crippen LogP contribution in [-0.2, 0) is 0 Å². The second-order valence-corrected chi connectivity index (χ2v) is 2.31. The van der Waals surface area contributed by atoms with Crippen LogP contribution in [-0.4, -0.2) is 6.30 Å². The molecular formula is C7H6F4N2. The van der Waals surface area contributed by atoms with Gasteiger partial charge >= 0.3 is 6.30 Å². The van der Waals surface area contributed by atoms with Crippen molar-refractivity contribution in [1.29, 1.82) is 0 Å². The first-order valence-electron chi connectivity index (χ1n) is 3.30. The molecule has 0 radical (unpaired) electrons. The molecule has 0 saturated heterocycles. The number of para-hydroxylation sites is 2. The summed E-state index contributed by atoms with van der Waals surface area (Å²) in [5.41, 5.74) is 4.18. The van der Waals surface area contributed by atoms with Gasteiger partial charge in [0.2, 0.25) is 0 Å². The Morgan fingerprint density at radius 2 is 1.69 bits per heavy atom. The van der Waals surface area contributed by atoms with Crippen LogP contribution in [0.2, 0.25) is 0 Å². The lowest BCUT2D eigenvalue weighted by Crippen LogP contribution is -2.30. The van der Waals surface area contributed by atoms with E-state index >= 15 is 0 Å². The quantitative estimate of drug-likeness (QED) is 0.322. The largest absolute Gasteiger partial charge is 0.512 e. The van der Waals surface area contributed by atoms with Crippen LogP contribution in [0.4, 0.5) is 29.0 Å². The van der Waals surface area contributed by atoms with Crippen LogP contribution < -0.4 is 10.9 Å². The Morgan fingerprint density at radius 3 is 2.15 bits per heavy atom. The van der Waals surface area contributed by atoms with Crippen molar-refractivity contribution in [3.8, 4) is 0 Å². The number of alkyl halides is 3. The molecule has 0 fully saturated rings. The van der Waals surface area contributed by atoms with Gasteiger partial charge in [0.1, 0.15) is 5.69 Å². The van der Waals surface area contributed by atoms with Crippen molar-refractivity contribution in [3.05, 3.63) is 24.3 Å². The highest BCUT2D eigenvalue weighted by molar-refractivity contribution is 5.66. The van der Waals surface area contributed by atoms with E-state index in [0.717, 1.165) is 6.07 Å². The van der Waals surface area contributed by atoms with Crippen LogP contribution in [0, 0.1) is 0 Å². The molecule has 1 aromatic carbocycles. The van der Waals surface area contributed by atoms with E-state index in [4.69, 9.17) is 5.73 Å². The lowest BCUT2D eigenvalue weighted by atomic mass is 10.3. The number of hydrogen-bond acceptors (Lipinski definition) is 2. The molecule has 0 heterocycles. The van der Waals surface area contributed by atoms with Gasteiger partial charge in [-0.15, -0.1) is 18.3 Å². The van der Waals surface area contributed by atoms with Crippen molar-refractivity contribution >= 4 is 11.4 Å². The molecule has 72 valence electrons. The third-order valence-corrected chi connectivity index (χ3v) is 1.37. The number of anilines is 2. The molecule has 0 aliphatic heterocycles. The first-order chi connectivity index (χ1) is 5.93. The summed E-state index contributed by atoms with van der Waals surface area (Å²) in [5, 5.41) is -1.32. The molecular weight excluding hydrogens is 188 g/mol. The third kappa shape index (κ3) is 2.01. The van der Waals surface area contributed by atoms with Gasteiger partial charge in [-0.2, -0.15) is 0 Å². The van der Waals surface area contributed by atoms with Crippen molar-refractivity contribution < 1.29 is 17.7 Å². The number of nitrogen functional groups attached to an aromatic ring is 1. The Balaban J connectivity index is 3.02. The first kappa shape index (κ1) is 9.63. The molecule has 1 rings (SSSR count). The SMILES string of the molecule is Nc1ccccc1N(F)C(F)(F)F. The molecule has 0 bridgehead atoms. The van der Waals surface area contributed by atoms with Crippen LogP contribution in [0.25, 0.3) is 0 Å². The molecule has 6 heteroatoms. The van der Waals surface area contributed by atoms with Gasteiger partial charge in [-0.3, -0.25) is 0 Å². The fraction of sp³-hybridized carbons (Fsp3) is 0.143. The van der Waals surface area contributed by atoms with Crippen LogP contribution in [0.5, 0.6) is 0 Å².